The molecule has 5 nitrogen and oxygen atoms in total. The van der Waals surface area contributed by atoms with Gasteiger partial charge in [-0.1, -0.05) is 6.92 Å². The van der Waals surface area contributed by atoms with Gasteiger partial charge < -0.3 is 14.8 Å². The molecule has 6 heteroatoms. The highest BCUT2D eigenvalue weighted by Gasteiger charge is 2.17. The zero-order chi connectivity index (χ0) is 14.8. The van der Waals surface area contributed by atoms with Gasteiger partial charge in [0.15, 0.2) is 11.5 Å². The summed E-state index contributed by atoms with van der Waals surface area (Å²) >= 11 is 3.51. The second-order valence-corrected chi connectivity index (χ2v) is 5.90. The second kappa shape index (κ2) is 6.07. The maximum absolute atomic E-state index is 5.43. The lowest BCUT2D eigenvalue weighted by Gasteiger charge is -2.07. The highest BCUT2D eigenvalue weighted by Crippen LogP contribution is 2.39. The molecule has 1 aliphatic heterocycles. The molecule has 0 radical (unpaired) electrons. The molecule has 0 spiro atoms. The normalized spacial score (nSPS) is 12.9. The van der Waals surface area contributed by atoms with Crippen LogP contribution in [0.4, 0.5) is 0 Å². The molecule has 0 unspecified atom stereocenters. The summed E-state index contributed by atoms with van der Waals surface area (Å²) in [6.45, 7) is 4.00. The number of halogens is 1. The summed E-state index contributed by atoms with van der Waals surface area (Å²) in [7, 11) is 1.96. The molecule has 1 aromatic heterocycles. The first-order valence-corrected chi connectivity index (χ1v) is 7.76. The third-order valence-corrected chi connectivity index (χ3v) is 4.05. The maximum atomic E-state index is 5.43. The van der Waals surface area contributed by atoms with Gasteiger partial charge in [0.2, 0.25) is 6.79 Å². The number of fused-ring (bicyclic) bond motifs is 1. The first-order chi connectivity index (χ1) is 10.2. The number of rotatable bonds is 5. The number of hydrogen-bond donors (Lipinski definition) is 1. The summed E-state index contributed by atoms with van der Waals surface area (Å²) < 4.78 is 13.6. The average molecular weight is 352 g/mol. The van der Waals surface area contributed by atoms with Gasteiger partial charge in [-0.15, -0.1) is 0 Å². The molecule has 0 amide bonds. The minimum atomic E-state index is 0.292. The van der Waals surface area contributed by atoms with Crippen molar-refractivity contribution >= 4 is 15.9 Å². The summed E-state index contributed by atoms with van der Waals surface area (Å²) in [4.78, 5) is 0. The van der Waals surface area contributed by atoms with Gasteiger partial charge in [-0.05, 0) is 40.0 Å². The van der Waals surface area contributed by atoms with Crippen molar-refractivity contribution in [3.63, 3.8) is 0 Å². The van der Waals surface area contributed by atoms with E-state index in [0.29, 0.717) is 6.79 Å². The van der Waals surface area contributed by atoms with E-state index < -0.39 is 0 Å². The molecule has 1 aromatic carbocycles. The molecular weight excluding hydrogens is 334 g/mol. The van der Waals surface area contributed by atoms with E-state index in [9.17, 15) is 0 Å². The van der Waals surface area contributed by atoms with Crippen LogP contribution in [0.3, 0.4) is 0 Å². The van der Waals surface area contributed by atoms with Crippen LogP contribution in [0.15, 0.2) is 22.8 Å². The average Bonchev–Trinajstić information content (AvgIpc) is 3.05. The minimum absolute atomic E-state index is 0.292. The Morgan fingerprint density at radius 1 is 1.33 bits per heavy atom. The Hall–Kier alpha value is -1.53. The van der Waals surface area contributed by atoms with Crippen LogP contribution in [0.25, 0.3) is 0 Å². The largest absolute Gasteiger partial charge is 0.454 e. The lowest BCUT2D eigenvalue weighted by Crippen LogP contribution is -2.13. The van der Waals surface area contributed by atoms with Crippen LogP contribution in [0.1, 0.15) is 23.7 Å². The summed E-state index contributed by atoms with van der Waals surface area (Å²) in [6, 6.07) is 4.08. The van der Waals surface area contributed by atoms with Gasteiger partial charge in [-0.3, -0.25) is 4.68 Å². The number of benzene rings is 1. The van der Waals surface area contributed by atoms with E-state index in [1.807, 2.05) is 17.8 Å². The van der Waals surface area contributed by atoms with Gasteiger partial charge in [-0.25, -0.2) is 0 Å². The van der Waals surface area contributed by atoms with Crippen LogP contribution >= 0.6 is 15.9 Å². The maximum Gasteiger partial charge on any atom is 0.231 e. The molecule has 2 aromatic rings. The van der Waals surface area contributed by atoms with Crippen LogP contribution in [-0.4, -0.2) is 16.6 Å². The molecule has 112 valence electrons. The van der Waals surface area contributed by atoms with Crippen LogP contribution < -0.4 is 14.8 Å². The Bertz CT molecular complexity index is 655. The van der Waals surface area contributed by atoms with Crippen molar-refractivity contribution in [2.45, 2.75) is 26.4 Å². The van der Waals surface area contributed by atoms with Crippen molar-refractivity contribution in [3.05, 3.63) is 39.6 Å². The molecule has 0 atom stereocenters. The van der Waals surface area contributed by atoms with Gasteiger partial charge in [0.25, 0.3) is 0 Å². The van der Waals surface area contributed by atoms with E-state index in [1.54, 1.807) is 0 Å². The highest BCUT2D eigenvalue weighted by atomic mass is 79.9. The van der Waals surface area contributed by atoms with Gasteiger partial charge in [0.1, 0.15) is 0 Å². The Balaban J connectivity index is 1.64. The quantitative estimate of drug-likeness (QED) is 0.899. The minimum Gasteiger partial charge on any atom is -0.454 e. The Kier molecular flexibility index (Phi) is 4.17. The number of hydrogen-bond acceptors (Lipinski definition) is 4. The SMILES string of the molecule is CCc1nn(C)cc1CNCc1cc(Br)c2c(c1)OCO2. The van der Waals surface area contributed by atoms with Crippen LogP contribution in [-0.2, 0) is 26.6 Å². The van der Waals surface area contributed by atoms with Gasteiger partial charge in [0.05, 0.1) is 10.2 Å². The monoisotopic (exact) mass is 351 g/mol. The first-order valence-electron chi connectivity index (χ1n) is 6.97. The molecule has 3 rings (SSSR count). The van der Waals surface area contributed by atoms with Crippen molar-refractivity contribution < 1.29 is 9.47 Å². The summed E-state index contributed by atoms with van der Waals surface area (Å²) in [5.74, 6) is 1.59. The third kappa shape index (κ3) is 3.06. The number of nitrogens with zero attached hydrogens (tertiary/aromatic N) is 2. The zero-order valence-corrected chi connectivity index (χ0v) is 13.7. The van der Waals surface area contributed by atoms with E-state index in [4.69, 9.17) is 9.47 Å². The van der Waals surface area contributed by atoms with Gasteiger partial charge >= 0.3 is 0 Å². The standard InChI is InChI=1S/C15H18BrN3O2/c1-3-13-11(8-19(2)18-13)7-17-6-10-4-12(16)15-14(5-10)20-9-21-15/h4-5,8,17H,3,6-7,9H2,1-2H3. The van der Waals surface area contributed by atoms with Gasteiger partial charge in [0, 0.05) is 31.9 Å². The number of aromatic nitrogens is 2. The first kappa shape index (κ1) is 14.4. The van der Waals surface area contributed by atoms with Crippen molar-refractivity contribution in [3.8, 4) is 11.5 Å². The van der Waals surface area contributed by atoms with E-state index in [1.165, 1.54) is 5.56 Å². The van der Waals surface area contributed by atoms with E-state index in [0.717, 1.165) is 46.7 Å². The zero-order valence-electron chi connectivity index (χ0n) is 12.1. The second-order valence-electron chi connectivity index (χ2n) is 5.04. The number of nitrogens with one attached hydrogen (secondary N) is 1. The van der Waals surface area contributed by atoms with Crippen LogP contribution in [0.2, 0.25) is 0 Å². The highest BCUT2D eigenvalue weighted by molar-refractivity contribution is 9.10. The van der Waals surface area contributed by atoms with Crippen LogP contribution in [0.5, 0.6) is 11.5 Å². The number of aryl methyl sites for hydroxylation is 2. The molecule has 0 aliphatic carbocycles. The van der Waals surface area contributed by atoms with E-state index >= 15 is 0 Å². The molecule has 21 heavy (non-hydrogen) atoms. The van der Waals surface area contributed by atoms with Gasteiger partial charge in [-0.2, -0.15) is 5.10 Å². The lowest BCUT2D eigenvalue weighted by molar-refractivity contribution is 0.173. The summed E-state index contributed by atoms with van der Waals surface area (Å²) in [5, 5.41) is 7.90. The van der Waals surface area contributed by atoms with Crippen molar-refractivity contribution in [2.75, 3.05) is 6.79 Å². The molecule has 1 aliphatic rings. The summed E-state index contributed by atoms with van der Waals surface area (Å²) in [6.07, 6.45) is 3.02. The predicted octanol–water partition coefficient (Wildman–Crippen LogP) is 2.76. The molecular formula is C15H18BrN3O2. The Morgan fingerprint density at radius 3 is 3.00 bits per heavy atom. The molecule has 1 N–H and O–H groups in total. The van der Waals surface area contributed by atoms with Crippen molar-refractivity contribution in [2.24, 2.45) is 7.05 Å². The topological polar surface area (TPSA) is 48.3 Å². The Labute approximate surface area is 132 Å². The summed E-state index contributed by atoms with van der Waals surface area (Å²) in [5.41, 5.74) is 3.56. The van der Waals surface area contributed by atoms with Crippen molar-refractivity contribution in [1.29, 1.82) is 0 Å². The Morgan fingerprint density at radius 2 is 2.19 bits per heavy atom. The fraction of sp³-hybridized carbons (Fsp3) is 0.400. The van der Waals surface area contributed by atoms with E-state index in [-0.39, 0.29) is 0 Å². The smallest absolute Gasteiger partial charge is 0.231 e. The van der Waals surface area contributed by atoms with Crippen molar-refractivity contribution in [1.82, 2.24) is 15.1 Å². The third-order valence-electron chi connectivity index (χ3n) is 3.46. The molecule has 0 fully saturated rings. The number of ether oxygens (including phenoxy) is 2. The van der Waals surface area contributed by atoms with Crippen LogP contribution in [0, 0.1) is 0 Å². The molecule has 0 saturated carbocycles. The molecule has 0 saturated heterocycles. The fourth-order valence-corrected chi connectivity index (χ4v) is 3.10. The van der Waals surface area contributed by atoms with E-state index in [2.05, 4.69) is 45.5 Å². The molecule has 2 heterocycles. The fourth-order valence-electron chi connectivity index (χ4n) is 2.49. The lowest BCUT2D eigenvalue weighted by atomic mass is 10.2. The predicted molar refractivity (Wildman–Crippen MR) is 83.4 cm³/mol. The molecule has 0 bridgehead atoms.